The molecule has 2 heterocycles. The molecule has 0 aromatic rings. The van der Waals surface area contributed by atoms with E-state index >= 15 is 0 Å². The summed E-state index contributed by atoms with van der Waals surface area (Å²) in [6.45, 7) is 14.4. The van der Waals surface area contributed by atoms with E-state index < -0.39 is 5.79 Å². The Morgan fingerprint density at radius 2 is 1.78 bits per heavy atom. The summed E-state index contributed by atoms with van der Waals surface area (Å²) < 4.78 is 16.7. The number of rotatable bonds is 1. The van der Waals surface area contributed by atoms with Gasteiger partial charge in [-0.3, -0.25) is 0 Å². The maximum Gasteiger partial charge on any atom is 0.163 e. The summed E-state index contributed by atoms with van der Waals surface area (Å²) in [5.74, 6) is -0.406. The summed E-state index contributed by atoms with van der Waals surface area (Å²) in [5, 5.41) is 0. The average molecular weight is 258 g/mol. The third-order valence-electron chi connectivity index (χ3n) is 3.47. The summed E-state index contributed by atoms with van der Waals surface area (Å²) in [4.78, 5) is 0. The van der Waals surface area contributed by atoms with Crippen LogP contribution in [0.1, 0.15) is 60.8 Å². The van der Waals surface area contributed by atoms with Crippen molar-refractivity contribution in [1.29, 1.82) is 0 Å². The molecule has 2 unspecified atom stereocenters. The quantitative estimate of drug-likeness (QED) is 0.716. The van der Waals surface area contributed by atoms with Crippen LogP contribution in [0, 0.1) is 5.41 Å². The second-order valence-electron chi connectivity index (χ2n) is 6.83. The summed E-state index contributed by atoms with van der Waals surface area (Å²) >= 11 is 0. The lowest BCUT2D eigenvalue weighted by atomic mass is 9.94. The predicted octanol–water partition coefficient (Wildman–Crippen LogP) is 3.76. The topological polar surface area (TPSA) is 27.7 Å². The van der Waals surface area contributed by atoms with Crippen LogP contribution in [0.4, 0.5) is 0 Å². The van der Waals surface area contributed by atoms with Gasteiger partial charge in [0, 0.05) is 6.61 Å². The van der Waals surface area contributed by atoms with Gasteiger partial charge < -0.3 is 14.2 Å². The molecule has 2 aliphatic heterocycles. The molecule has 0 aliphatic carbocycles. The smallest absolute Gasteiger partial charge is 0.163 e. The molecule has 0 spiro atoms. The normalized spacial score (nSPS) is 31.0. The van der Waals surface area contributed by atoms with E-state index in [1.165, 1.54) is 6.42 Å². The summed E-state index contributed by atoms with van der Waals surface area (Å²) in [7, 11) is 0. The molecular weight excluding hydrogens is 228 g/mol. The highest BCUT2D eigenvalue weighted by atomic mass is 16.7. The van der Waals surface area contributed by atoms with Gasteiger partial charge in [0.25, 0.3) is 0 Å². The van der Waals surface area contributed by atoms with Crippen LogP contribution in [0.15, 0.2) is 0 Å². The van der Waals surface area contributed by atoms with E-state index in [0.717, 1.165) is 19.4 Å². The molecule has 0 aromatic carbocycles. The Bertz CT molecular complexity index is 237. The second-order valence-corrected chi connectivity index (χ2v) is 6.83. The molecule has 18 heavy (non-hydrogen) atoms. The molecular formula is C15H30O3. The van der Waals surface area contributed by atoms with Crippen molar-refractivity contribution >= 4 is 0 Å². The third kappa shape index (κ3) is 5.68. The molecule has 2 atom stereocenters. The standard InChI is InChI=1S/C9H16O3.C6H14/c1-9(2)11-6-8(12-9)7-4-3-5-10-7;1-5-6(2,3)4/h7-8H,3-6H2,1-2H3;5H2,1-4H3. The molecule has 0 amide bonds. The lowest BCUT2D eigenvalue weighted by Gasteiger charge is -2.20. The van der Waals surface area contributed by atoms with Crippen molar-refractivity contribution in [2.45, 2.75) is 78.8 Å². The maximum absolute atomic E-state index is 5.69. The van der Waals surface area contributed by atoms with Crippen LogP contribution in [0.3, 0.4) is 0 Å². The summed E-state index contributed by atoms with van der Waals surface area (Å²) in [6, 6.07) is 0. The third-order valence-corrected chi connectivity index (χ3v) is 3.47. The molecule has 108 valence electrons. The van der Waals surface area contributed by atoms with Gasteiger partial charge in [0.2, 0.25) is 0 Å². The first-order valence-corrected chi connectivity index (χ1v) is 7.17. The van der Waals surface area contributed by atoms with E-state index in [2.05, 4.69) is 27.7 Å². The second kappa shape index (κ2) is 6.36. The summed E-state index contributed by atoms with van der Waals surface area (Å²) in [5.41, 5.74) is 0.542. The van der Waals surface area contributed by atoms with E-state index in [1.54, 1.807) is 0 Å². The fourth-order valence-corrected chi connectivity index (χ4v) is 1.79. The zero-order valence-electron chi connectivity index (χ0n) is 12.9. The Balaban J connectivity index is 0.000000232. The van der Waals surface area contributed by atoms with Crippen molar-refractivity contribution in [2.75, 3.05) is 13.2 Å². The zero-order valence-corrected chi connectivity index (χ0v) is 12.9. The van der Waals surface area contributed by atoms with E-state index in [0.29, 0.717) is 12.0 Å². The predicted molar refractivity (Wildman–Crippen MR) is 73.6 cm³/mol. The molecule has 3 heteroatoms. The van der Waals surface area contributed by atoms with Crippen molar-refractivity contribution in [3.05, 3.63) is 0 Å². The van der Waals surface area contributed by atoms with Gasteiger partial charge in [-0.05, 0) is 32.1 Å². The highest BCUT2D eigenvalue weighted by molar-refractivity contribution is 4.81. The van der Waals surface area contributed by atoms with Crippen LogP contribution in [0.2, 0.25) is 0 Å². The number of ether oxygens (including phenoxy) is 3. The Labute approximate surface area is 112 Å². The minimum absolute atomic E-state index is 0.155. The van der Waals surface area contributed by atoms with Crippen molar-refractivity contribution < 1.29 is 14.2 Å². The fraction of sp³-hybridized carbons (Fsp3) is 1.00. The minimum Gasteiger partial charge on any atom is -0.375 e. The van der Waals surface area contributed by atoms with E-state index in [4.69, 9.17) is 14.2 Å². The molecule has 0 aromatic heterocycles. The van der Waals surface area contributed by atoms with Crippen LogP contribution in [-0.2, 0) is 14.2 Å². The molecule has 0 radical (unpaired) electrons. The number of hydrogen-bond donors (Lipinski definition) is 0. The largest absolute Gasteiger partial charge is 0.375 e. The van der Waals surface area contributed by atoms with Gasteiger partial charge in [-0.25, -0.2) is 0 Å². The van der Waals surface area contributed by atoms with Crippen LogP contribution in [0.25, 0.3) is 0 Å². The van der Waals surface area contributed by atoms with Crippen molar-refractivity contribution in [3.63, 3.8) is 0 Å². The Hall–Kier alpha value is -0.120. The molecule has 2 aliphatic rings. The van der Waals surface area contributed by atoms with E-state index in [-0.39, 0.29) is 12.2 Å². The van der Waals surface area contributed by atoms with E-state index in [1.807, 2.05) is 13.8 Å². The molecule has 0 bridgehead atoms. The van der Waals surface area contributed by atoms with Crippen LogP contribution in [0.5, 0.6) is 0 Å². The maximum atomic E-state index is 5.69. The van der Waals surface area contributed by atoms with Crippen LogP contribution >= 0.6 is 0 Å². The minimum atomic E-state index is -0.406. The molecule has 2 saturated heterocycles. The van der Waals surface area contributed by atoms with Gasteiger partial charge in [0.1, 0.15) is 6.10 Å². The Morgan fingerprint density at radius 3 is 2.11 bits per heavy atom. The first-order valence-electron chi connectivity index (χ1n) is 7.17. The highest BCUT2D eigenvalue weighted by Gasteiger charge is 2.38. The highest BCUT2D eigenvalue weighted by Crippen LogP contribution is 2.28. The Morgan fingerprint density at radius 1 is 1.17 bits per heavy atom. The van der Waals surface area contributed by atoms with Crippen LogP contribution < -0.4 is 0 Å². The van der Waals surface area contributed by atoms with Gasteiger partial charge >= 0.3 is 0 Å². The van der Waals surface area contributed by atoms with Crippen molar-refractivity contribution in [2.24, 2.45) is 5.41 Å². The Kier molecular flexibility index (Phi) is 5.63. The molecule has 0 N–H and O–H groups in total. The number of hydrogen-bond acceptors (Lipinski definition) is 3. The molecule has 3 nitrogen and oxygen atoms in total. The van der Waals surface area contributed by atoms with E-state index in [9.17, 15) is 0 Å². The first kappa shape index (κ1) is 15.9. The average Bonchev–Trinajstić information content (AvgIpc) is 2.86. The molecule has 2 rings (SSSR count). The first-order chi connectivity index (χ1) is 8.23. The lowest BCUT2D eigenvalue weighted by molar-refractivity contribution is -0.151. The lowest BCUT2D eigenvalue weighted by Crippen LogP contribution is -2.30. The molecule has 0 saturated carbocycles. The van der Waals surface area contributed by atoms with Gasteiger partial charge in [-0.2, -0.15) is 0 Å². The van der Waals surface area contributed by atoms with Gasteiger partial charge in [0.15, 0.2) is 5.79 Å². The van der Waals surface area contributed by atoms with Crippen molar-refractivity contribution in [3.8, 4) is 0 Å². The van der Waals surface area contributed by atoms with Crippen LogP contribution in [-0.4, -0.2) is 31.2 Å². The van der Waals surface area contributed by atoms with Gasteiger partial charge in [-0.15, -0.1) is 0 Å². The van der Waals surface area contributed by atoms with Gasteiger partial charge in [-0.1, -0.05) is 34.1 Å². The zero-order chi connectivity index (χ0) is 13.8. The summed E-state index contributed by atoms with van der Waals surface area (Å²) in [6.07, 6.45) is 3.97. The monoisotopic (exact) mass is 258 g/mol. The SMILES string of the molecule is CC1(C)OCC(C2CCCO2)O1.CCC(C)(C)C. The fourth-order valence-electron chi connectivity index (χ4n) is 1.79. The van der Waals surface area contributed by atoms with Gasteiger partial charge in [0.05, 0.1) is 12.7 Å². The molecule has 2 fully saturated rings. The van der Waals surface area contributed by atoms with Crippen molar-refractivity contribution in [1.82, 2.24) is 0 Å².